The SMILES string of the molecule is CCOc1ccccc1N1CCN(CC(=O)N[C@@H](C)CC)CC1. The van der Waals surface area contributed by atoms with Gasteiger partial charge in [0.05, 0.1) is 18.8 Å². The van der Waals surface area contributed by atoms with E-state index in [9.17, 15) is 4.79 Å². The summed E-state index contributed by atoms with van der Waals surface area (Å²) in [5.74, 6) is 1.07. The predicted octanol–water partition coefficient (Wildman–Crippen LogP) is 2.12. The maximum atomic E-state index is 12.0. The molecule has 5 heteroatoms. The van der Waals surface area contributed by atoms with Crippen molar-refractivity contribution in [3.05, 3.63) is 24.3 Å². The highest BCUT2D eigenvalue weighted by Gasteiger charge is 2.21. The molecule has 23 heavy (non-hydrogen) atoms. The van der Waals surface area contributed by atoms with Crippen molar-refractivity contribution in [2.75, 3.05) is 44.2 Å². The lowest BCUT2D eigenvalue weighted by atomic mass is 10.2. The van der Waals surface area contributed by atoms with E-state index >= 15 is 0 Å². The number of piperazine rings is 1. The van der Waals surface area contributed by atoms with Crippen LogP contribution in [0.4, 0.5) is 5.69 Å². The summed E-state index contributed by atoms with van der Waals surface area (Å²) in [5.41, 5.74) is 1.15. The molecule has 1 amide bonds. The molecular weight excluding hydrogens is 290 g/mol. The summed E-state index contributed by atoms with van der Waals surface area (Å²) < 4.78 is 5.72. The largest absolute Gasteiger partial charge is 0.492 e. The first-order valence-corrected chi connectivity index (χ1v) is 8.62. The second kappa shape index (κ2) is 8.77. The molecule has 1 heterocycles. The number of nitrogens with one attached hydrogen (secondary N) is 1. The van der Waals surface area contributed by atoms with E-state index in [0.717, 1.165) is 44.0 Å². The van der Waals surface area contributed by atoms with Crippen LogP contribution in [0.25, 0.3) is 0 Å². The molecule has 0 radical (unpaired) electrons. The first kappa shape index (κ1) is 17.6. The summed E-state index contributed by atoms with van der Waals surface area (Å²) in [7, 11) is 0. The van der Waals surface area contributed by atoms with Gasteiger partial charge in [-0.05, 0) is 32.4 Å². The average molecular weight is 319 g/mol. The molecule has 1 fully saturated rings. The lowest BCUT2D eigenvalue weighted by Gasteiger charge is -2.36. The van der Waals surface area contributed by atoms with Crippen LogP contribution in [-0.4, -0.2) is 56.2 Å². The minimum Gasteiger partial charge on any atom is -0.492 e. The number of anilines is 1. The molecule has 1 atom stereocenters. The number of nitrogens with zero attached hydrogens (tertiary/aromatic N) is 2. The minimum atomic E-state index is 0.127. The van der Waals surface area contributed by atoms with E-state index in [2.05, 4.69) is 28.1 Å². The van der Waals surface area contributed by atoms with Crippen LogP contribution < -0.4 is 15.0 Å². The molecule has 1 aromatic carbocycles. The number of rotatable bonds is 7. The Labute approximate surface area is 139 Å². The summed E-state index contributed by atoms with van der Waals surface area (Å²) >= 11 is 0. The predicted molar refractivity (Wildman–Crippen MR) is 94.2 cm³/mol. The Bertz CT molecular complexity index is 499. The molecule has 0 unspecified atom stereocenters. The molecule has 0 bridgehead atoms. The Balaban J connectivity index is 1.85. The number of benzene rings is 1. The molecule has 2 rings (SSSR count). The van der Waals surface area contributed by atoms with Gasteiger partial charge in [-0.3, -0.25) is 9.69 Å². The van der Waals surface area contributed by atoms with Gasteiger partial charge in [-0.25, -0.2) is 0 Å². The van der Waals surface area contributed by atoms with Crippen LogP contribution in [0.2, 0.25) is 0 Å². The molecule has 5 nitrogen and oxygen atoms in total. The number of amides is 1. The van der Waals surface area contributed by atoms with E-state index in [1.54, 1.807) is 0 Å². The topological polar surface area (TPSA) is 44.8 Å². The molecule has 0 saturated carbocycles. The van der Waals surface area contributed by atoms with Crippen LogP contribution in [0.5, 0.6) is 5.75 Å². The number of hydrogen-bond acceptors (Lipinski definition) is 4. The Morgan fingerprint density at radius 1 is 1.22 bits per heavy atom. The number of ether oxygens (including phenoxy) is 1. The molecule has 1 aliphatic rings. The van der Waals surface area contributed by atoms with Crippen LogP contribution in [0.15, 0.2) is 24.3 Å². The van der Waals surface area contributed by atoms with Gasteiger partial charge in [0.2, 0.25) is 5.91 Å². The maximum Gasteiger partial charge on any atom is 0.234 e. The van der Waals surface area contributed by atoms with Crippen molar-refractivity contribution >= 4 is 11.6 Å². The molecular formula is C18H29N3O2. The number of para-hydroxylation sites is 2. The van der Waals surface area contributed by atoms with Gasteiger partial charge in [0.25, 0.3) is 0 Å². The molecule has 1 aliphatic heterocycles. The third kappa shape index (κ3) is 5.13. The third-order valence-corrected chi connectivity index (χ3v) is 4.27. The summed E-state index contributed by atoms with van der Waals surface area (Å²) in [6.45, 7) is 10.9. The van der Waals surface area contributed by atoms with E-state index < -0.39 is 0 Å². The zero-order chi connectivity index (χ0) is 16.7. The van der Waals surface area contributed by atoms with Crippen LogP contribution in [0.3, 0.4) is 0 Å². The van der Waals surface area contributed by atoms with E-state index in [4.69, 9.17) is 4.74 Å². The minimum absolute atomic E-state index is 0.127. The number of hydrogen-bond donors (Lipinski definition) is 1. The van der Waals surface area contributed by atoms with Crippen molar-refractivity contribution in [2.24, 2.45) is 0 Å². The van der Waals surface area contributed by atoms with E-state index in [1.165, 1.54) is 0 Å². The van der Waals surface area contributed by atoms with Crippen molar-refractivity contribution in [2.45, 2.75) is 33.2 Å². The van der Waals surface area contributed by atoms with Gasteiger partial charge in [-0.2, -0.15) is 0 Å². The van der Waals surface area contributed by atoms with Crippen molar-refractivity contribution in [1.82, 2.24) is 10.2 Å². The summed E-state index contributed by atoms with van der Waals surface area (Å²) in [6.07, 6.45) is 0.966. The van der Waals surface area contributed by atoms with Gasteiger partial charge in [0, 0.05) is 32.2 Å². The van der Waals surface area contributed by atoms with E-state index in [1.807, 2.05) is 32.0 Å². The fraction of sp³-hybridized carbons (Fsp3) is 0.611. The maximum absolute atomic E-state index is 12.0. The Morgan fingerprint density at radius 3 is 2.57 bits per heavy atom. The molecule has 0 aromatic heterocycles. The number of carbonyl (C=O) groups is 1. The molecule has 128 valence electrons. The van der Waals surface area contributed by atoms with Gasteiger partial charge in [0.15, 0.2) is 0 Å². The summed E-state index contributed by atoms with van der Waals surface area (Å²) in [4.78, 5) is 16.5. The molecule has 1 N–H and O–H groups in total. The zero-order valence-electron chi connectivity index (χ0n) is 14.5. The third-order valence-electron chi connectivity index (χ3n) is 4.27. The van der Waals surface area contributed by atoms with E-state index in [-0.39, 0.29) is 11.9 Å². The van der Waals surface area contributed by atoms with Crippen LogP contribution in [-0.2, 0) is 4.79 Å². The van der Waals surface area contributed by atoms with Gasteiger partial charge < -0.3 is 15.0 Å². The molecule has 0 aliphatic carbocycles. The number of carbonyl (C=O) groups excluding carboxylic acids is 1. The van der Waals surface area contributed by atoms with Crippen molar-refractivity contribution in [1.29, 1.82) is 0 Å². The Hall–Kier alpha value is -1.75. The summed E-state index contributed by atoms with van der Waals surface area (Å²) in [6, 6.07) is 8.43. The van der Waals surface area contributed by atoms with Crippen molar-refractivity contribution < 1.29 is 9.53 Å². The highest BCUT2D eigenvalue weighted by Crippen LogP contribution is 2.28. The molecule has 0 spiro atoms. The monoisotopic (exact) mass is 319 g/mol. The zero-order valence-corrected chi connectivity index (χ0v) is 14.5. The fourth-order valence-corrected chi connectivity index (χ4v) is 2.77. The van der Waals surface area contributed by atoms with Crippen molar-refractivity contribution in [3.8, 4) is 5.75 Å². The lowest BCUT2D eigenvalue weighted by Crippen LogP contribution is -2.50. The Morgan fingerprint density at radius 2 is 1.91 bits per heavy atom. The second-order valence-corrected chi connectivity index (χ2v) is 6.04. The first-order chi connectivity index (χ1) is 11.1. The quantitative estimate of drug-likeness (QED) is 0.836. The van der Waals surface area contributed by atoms with Gasteiger partial charge >= 0.3 is 0 Å². The standard InChI is InChI=1S/C18H29N3O2/c1-4-15(3)19-18(22)14-20-10-12-21(13-11-20)16-8-6-7-9-17(16)23-5-2/h6-9,15H,4-5,10-14H2,1-3H3,(H,19,22)/t15-/m0/s1. The van der Waals surface area contributed by atoms with Gasteiger partial charge in [-0.15, -0.1) is 0 Å². The highest BCUT2D eigenvalue weighted by molar-refractivity contribution is 5.78. The highest BCUT2D eigenvalue weighted by atomic mass is 16.5. The smallest absolute Gasteiger partial charge is 0.234 e. The van der Waals surface area contributed by atoms with Crippen LogP contribution in [0, 0.1) is 0 Å². The second-order valence-electron chi connectivity index (χ2n) is 6.04. The van der Waals surface area contributed by atoms with Gasteiger partial charge in [-0.1, -0.05) is 19.1 Å². The van der Waals surface area contributed by atoms with Crippen LogP contribution >= 0.6 is 0 Å². The summed E-state index contributed by atoms with van der Waals surface area (Å²) in [5, 5.41) is 3.03. The normalized spacial score (nSPS) is 16.9. The average Bonchev–Trinajstić information content (AvgIpc) is 2.56. The van der Waals surface area contributed by atoms with Crippen LogP contribution in [0.1, 0.15) is 27.2 Å². The molecule has 1 aromatic rings. The lowest BCUT2D eigenvalue weighted by molar-refractivity contribution is -0.122. The first-order valence-electron chi connectivity index (χ1n) is 8.62. The fourth-order valence-electron chi connectivity index (χ4n) is 2.77. The Kier molecular flexibility index (Phi) is 6.71. The molecule has 1 saturated heterocycles. The van der Waals surface area contributed by atoms with Gasteiger partial charge in [0.1, 0.15) is 5.75 Å². The van der Waals surface area contributed by atoms with E-state index in [0.29, 0.717) is 13.2 Å². The van der Waals surface area contributed by atoms with Crippen molar-refractivity contribution in [3.63, 3.8) is 0 Å².